The summed E-state index contributed by atoms with van der Waals surface area (Å²) in [5.41, 5.74) is 0.954. The predicted molar refractivity (Wildman–Crippen MR) is 99.4 cm³/mol. The second-order valence-electron chi connectivity index (χ2n) is 6.93. The van der Waals surface area contributed by atoms with Gasteiger partial charge in [0.15, 0.2) is 5.69 Å². The van der Waals surface area contributed by atoms with Gasteiger partial charge in [0.05, 0.1) is 17.6 Å². The third-order valence-electron chi connectivity index (χ3n) is 5.03. The van der Waals surface area contributed by atoms with Crippen molar-refractivity contribution in [3.8, 4) is 0 Å². The number of H-pyrrole nitrogens is 1. The Balaban J connectivity index is 1.33. The molecule has 1 aromatic carbocycles. The molecule has 0 radical (unpaired) electrons. The number of hydrogen-bond acceptors (Lipinski definition) is 6. The van der Waals surface area contributed by atoms with Gasteiger partial charge in [0.1, 0.15) is 18.0 Å². The van der Waals surface area contributed by atoms with Crippen molar-refractivity contribution < 1.29 is 13.2 Å². The van der Waals surface area contributed by atoms with Crippen molar-refractivity contribution in [2.24, 2.45) is 0 Å². The summed E-state index contributed by atoms with van der Waals surface area (Å²) in [7, 11) is 0. The number of fused-ring (bicyclic) bond motifs is 2. The SMILES string of the molecule is FC(F)(F)c1cc(N2CCN(Cc3nc4ccccc4[nH]3)CC2)n2ncnc2n1. The Labute approximate surface area is 163 Å². The van der Waals surface area contributed by atoms with Gasteiger partial charge in [0.25, 0.3) is 5.78 Å². The van der Waals surface area contributed by atoms with Gasteiger partial charge in [-0.05, 0) is 12.1 Å². The van der Waals surface area contributed by atoms with Crippen molar-refractivity contribution in [3.63, 3.8) is 0 Å². The number of benzene rings is 1. The number of halogens is 3. The predicted octanol–water partition coefficient (Wildman–Crippen LogP) is 2.34. The minimum Gasteiger partial charge on any atom is -0.354 e. The van der Waals surface area contributed by atoms with E-state index in [1.54, 1.807) is 0 Å². The quantitative estimate of drug-likeness (QED) is 0.567. The molecule has 1 fully saturated rings. The lowest BCUT2D eigenvalue weighted by Crippen LogP contribution is -2.46. The fraction of sp³-hybridized carbons (Fsp3) is 0.333. The molecule has 5 rings (SSSR count). The van der Waals surface area contributed by atoms with Crippen molar-refractivity contribution in [1.82, 2.24) is 34.4 Å². The van der Waals surface area contributed by atoms with Crippen LogP contribution in [0.5, 0.6) is 0 Å². The van der Waals surface area contributed by atoms with Crippen LogP contribution in [0.15, 0.2) is 36.7 Å². The Bertz CT molecular complexity index is 1120. The molecule has 1 N–H and O–H groups in total. The first-order valence-electron chi connectivity index (χ1n) is 9.16. The molecule has 4 aromatic rings. The zero-order valence-electron chi connectivity index (χ0n) is 15.3. The molecule has 8 nitrogen and oxygen atoms in total. The summed E-state index contributed by atoms with van der Waals surface area (Å²) >= 11 is 0. The molecular formula is C18H17F3N8. The topological polar surface area (TPSA) is 78.2 Å². The maximum atomic E-state index is 13.2. The lowest BCUT2D eigenvalue weighted by molar-refractivity contribution is -0.141. The van der Waals surface area contributed by atoms with Gasteiger partial charge in [0, 0.05) is 32.2 Å². The summed E-state index contributed by atoms with van der Waals surface area (Å²) in [5, 5.41) is 4.03. The fourth-order valence-corrected chi connectivity index (χ4v) is 3.59. The van der Waals surface area contributed by atoms with Crippen LogP contribution in [0.25, 0.3) is 16.8 Å². The van der Waals surface area contributed by atoms with Gasteiger partial charge in [-0.3, -0.25) is 4.90 Å². The van der Waals surface area contributed by atoms with E-state index < -0.39 is 11.9 Å². The molecule has 1 aliphatic rings. The standard InChI is InChI=1S/C18H17F3N8/c19-18(20,21)14-9-16(29-17(26-14)22-11-23-29)28-7-5-27(6-8-28)10-15-24-12-3-1-2-4-13(12)25-15/h1-4,9,11H,5-8,10H2,(H,24,25). The average molecular weight is 402 g/mol. The molecule has 29 heavy (non-hydrogen) atoms. The Morgan fingerprint density at radius 2 is 1.83 bits per heavy atom. The molecule has 0 unspecified atom stereocenters. The number of aromatic amines is 1. The normalized spacial score (nSPS) is 16.2. The van der Waals surface area contributed by atoms with E-state index in [1.165, 1.54) is 10.8 Å². The van der Waals surface area contributed by atoms with Crippen LogP contribution >= 0.6 is 0 Å². The summed E-state index contributed by atoms with van der Waals surface area (Å²) in [6, 6.07) is 8.88. The van der Waals surface area contributed by atoms with Crippen LogP contribution in [-0.4, -0.2) is 60.6 Å². The highest BCUT2D eigenvalue weighted by Crippen LogP contribution is 2.30. The van der Waals surface area contributed by atoms with Gasteiger partial charge in [-0.2, -0.15) is 27.8 Å². The minimum absolute atomic E-state index is 0.0560. The van der Waals surface area contributed by atoms with Gasteiger partial charge in [-0.15, -0.1) is 0 Å². The molecule has 11 heteroatoms. The molecule has 0 aliphatic carbocycles. The van der Waals surface area contributed by atoms with E-state index in [0.717, 1.165) is 22.9 Å². The van der Waals surface area contributed by atoms with E-state index in [4.69, 9.17) is 0 Å². The number of aromatic nitrogens is 6. The third-order valence-corrected chi connectivity index (χ3v) is 5.03. The number of para-hydroxylation sites is 2. The van der Waals surface area contributed by atoms with E-state index in [9.17, 15) is 13.2 Å². The number of imidazole rings is 1. The van der Waals surface area contributed by atoms with Crippen molar-refractivity contribution in [2.45, 2.75) is 12.7 Å². The summed E-state index contributed by atoms with van der Waals surface area (Å²) in [6.07, 6.45) is -3.32. The summed E-state index contributed by atoms with van der Waals surface area (Å²) < 4.78 is 41.0. The van der Waals surface area contributed by atoms with Gasteiger partial charge >= 0.3 is 6.18 Å². The number of hydrogen-bond donors (Lipinski definition) is 1. The maximum Gasteiger partial charge on any atom is 0.433 e. The highest BCUT2D eigenvalue weighted by atomic mass is 19.4. The first kappa shape index (κ1) is 17.9. The summed E-state index contributed by atoms with van der Waals surface area (Å²) in [4.78, 5) is 19.4. The van der Waals surface area contributed by atoms with E-state index in [1.807, 2.05) is 29.2 Å². The smallest absolute Gasteiger partial charge is 0.354 e. The van der Waals surface area contributed by atoms with Crippen LogP contribution in [0.1, 0.15) is 11.5 Å². The van der Waals surface area contributed by atoms with Crippen molar-refractivity contribution in [1.29, 1.82) is 0 Å². The van der Waals surface area contributed by atoms with E-state index >= 15 is 0 Å². The lowest BCUT2D eigenvalue weighted by atomic mass is 10.3. The molecule has 4 heterocycles. The summed E-state index contributed by atoms with van der Waals surface area (Å²) in [5.74, 6) is 1.17. The van der Waals surface area contributed by atoms with Crippen LogP contribution in [0, 0.1) is 0 Å². The minimum atomic E-state index is -4.54. The Morgan fingerprint density at radius 1 is 1.03 bits per heavy atom. The van der Waals surface area contributed by atoms with Crippen molar-refractivity contribution >= 4 is 22.6 Å². The Hall–Kier alpha value is -3.21. The lowest BCUT2D eigenvalue weighted by Gasteiger charge is -2.35. The number of anilines is 1. The average Bonchev–Trinajstić information content (AvgIpc) is 3.33. The zero-order valence-corrected chi connectivity index (χ0v) is 15.3. The van der Waals surface area contributed by atoms with E-state index in [-0.39, 0.29) is 5.78 Å². The molecule has 1 saturated heterocycles. The number of piperazine rings is 1. The molecule has 0 atom stereocenters. The first-order valence-corrected chi connectivity index (χ1v) is 9.16. The van der Waals surface area contributed by atoms with Gasteiger partial charge in [-0.1, -0.05) is 12.1 Å². The van der Waals surface area contributed by atoms with E-state index in [0.29, 0.717) is 38.5 Å². The second-order valence-corrected chi connectivity index (χ2v) is 6.93. The molecule has 3 aromatic heterocycles. The van der Waals surface area contributed by atoms with E-state index in [2.05, 4.69) is 29.9 Å². The zero-order chi connectivity index (χ0) is 20.0. The van der Waals surface area contributed by atoms with Gasteiger partial charge in [-0.25, -0.2) is 9.97 Å². The molecule has 0 saturated carbocycles. The second kappa shape index (κ2) is 6.69. The van der Waals surface area contributed by atoms with Crippen LogP contribution in [0.4, 0.5) is 19.0 Å². The molecule has 1 aliphatic heterocycles. The van der Waals surface area contributed by atoms with Gasteiger partial charge < -0.3 is 9.88 Å². The van der Waals surface area contributed by atoms with Crippen LogP contribution in [0.2, 0.25) is 0 Å². The van der Waals surface area contributed by atoms with Crippen LogP contribution in [0.3, 0.4) is 0 Å². The molecule has 0 bridgehead atoms. The molecular weight excluding hydrogens is 385 g/mol. The summed E-state index contributed by atoms with van der Waals surface area (Å²) in [6.45, 7) is 3.17. The number of rotatable bonds is 3. The van der Waals surface area contributed by atoms with Crippen molar-refractivity contribution in [2.75, 3.05) is 31.1 Å². The molecule has 0 spiro atoms. The number of alkyl halides is 3. The highest BCUT2D eigenvalue weighted by Gasteiger charge is 2.35. The molecule has 0 amide bonds. The van der Waals surface area contributed by atoms with Crippen LogP contribution < -0.4 is 4.90 Å². The van der Waals surface area contributed by atoms with Gasteiger partial charge in [0.2, 0.25) is 0 Å². The number of nitrogens with one attached hydrogen (secondary N) is 1. The fourth-order valence-electron chi connectivity index (χ4n) is 3.59. The highest BCUT2D eigenvalue weighted by molar-refractivity contribution is 5.74. The Kier molecular flexibility index (Phi) is 4.12. The third kappa shape index (κ3) is 3.37. The van der Waals surface area contributed by atoms with Crippen molar-refractivity contribution in [3.05, 3.63) is 48.2 Å². The molecule has 150 valence electrons. The largest absolute Gasteiger partial charge is 0.433 e. The van der Waals surface area contributed by atoms with Crippen LogP contribution in [-0.2, 0) is 12.7 Å². The maximum absolute atomic E-state index is 13.2. The monoisotopic (exact) mass is 402 g/mol. The first-order chi connectivity index (χ1) is 14.0. The number of nitrogens with zero attached hydrogens (tertiary/aromatic N) is 7. The Morgan fingerprint density at radius 3 is 2.59 bits per heavy atom.